The van der Waals surface area contributed by atoms with Gasteiger partial charge in [-0.1, -0.05) is 11.6 Å². The molecule has 2 unspecified atom stereocenters. The Kier molecular flexibility index (Phi) is 2.62. The first-order chi connectivity index (χ1) is 8.49. The molecule has 1 aliphatic carbocycles. The maximum absolute atomic E-state index is 11.2. The Morgan fingerprint density at radius 2 is 2.44 bits per heavy atom. The third-order valence-corrected chi connectivity index (χ3v) is 3.93. The molecular weight excluding hydrogens is 256 g/mol. The standard InChI is InChI=1S/C11H15ClN4O2/c12-7-3-8(16-9(17)15-7)14-5-11-2-1-10(13,4-11)6-18-11/h3H,1-2,4-6,13H2,(H2,14,15,16,17). The van der Waals surface area contributed by atoms with Gasteiger partial charge >= 0.3 is 5.69 Å². The van der Waals surface area contributed by atoms with Crippen molar-refractivity contribution in [3.63, 3.8) is 0 Å². The van der Waals surface area contributed by atoms with E-state index < -0.39 is 5.69 Å². The minimum absolute atomic E-state index is 0.166. The number of H-pyrrole nitrogens is 1. The zero-order valence-corrected chi connectivity index (χ0v) is 10.6. The molecule has 2 aliphatic rings. The summed E-state index contributed by atoms with van der Waals surface area (Å²) < 4.78 is 5.79. The van der Waals surface area contributed by atoms with Gasteiger partial charge in [0.25, 0.3) is 0 Å². The summed E-state index contributed by atoms with van der Waals surface area (Å²) in [5.41, 5.74) is 5.31. The Bertz CT molecular complexity index is 522. The van der Waals surface area contributed by atoms with E-state index in [0.29, 0.717) is 19.0 Å². The molecule has 0 spiro atoms. The van der Waals surface area contributed by atoms with E-state index >= 15 is 0 Å². The molecule has 7 heteroatoms. The van der Waals surface area contributed by atoms with Gasteiger partial charge in [0.15, 0.2) is 0 Å². The smallest absolute Gasteiger partial charge is 0.347 e. The summed E-state index contributed by atoms with van der Waals surface area (Å²) in [6.45, 7) is 1.21. The Morgan fingerprint density at radius 3 is 3.00 bits per heavy atom. The van der Waals surface area contributed by atoms with Gasteiger partial charge in [0.05, 0.1) is 12.2 Å². The van der Waals surface area contributed by atoms with Gasteiger partial charge < -0.3 is 15.8 Å². The van der Waals surface area contributed by atoms with Crippen molar-refractivity contribution in [1.29, 1.82) is 0 Å². The number of nitrogens with two attached hydrogens (primary N) is 1. The van der Waals surface area contributed by atoms with Crippen LogP contribution < -0.4 is 16.7 Å². The third-order valence-electron chi connectivity index (χ3n) is 3.72. The van der Waals surface area contributed by atoms with Crippen LogP contribution in [0.3, 0.4) is 0 Å². The van der Waals surface area contributed by atoms with Gasteiger partial charge in [-0.2, -0.15) is 4.98 Å². The zero-order chi connectivity index (χ0) is 12.8. The van der Waals surface area contributed by atoms with E-state index in [1.165, 1.54) is 0 Å². The van der Waals surface area contributed by atoms with E-state index in [0.717, 1.165) is 19.3 Å². The molecule has 1 saturated heterocycles. The second-order valence-electron chi connectivity index (χ2n) is 5.28. The Labute approximate surface area is 109 Å². The summed E-state index contributed by atoms with van der Waals surface area (Å²) >= 11 is 5.76. The average Bonchev–Trinajstić information content (AvgIpc) is 2.79. The van der Waals surface area contributed by atoms with Crippen LogP contribution >= 0.6 is 11.6 Å². The highest BCUT2D eigenvalue weighted by molar-refractivity contribution is 6.29. The SMILES string of the molecule is NC12CCC(CNc3cc(Cl)[nH]c(=O)n3)(C1)OC2. The van der Waals surface area contributed by atoms with Gasteiger partial charge in [0.2, 0.25) is 0 Å². The van der Waals surface area contributed by atoms with Crippen molar-refractivity contribution in [3.8, 4) is 0 Å². The lowest BCUT2D eigenvalue weighted by Gasteiger charge is -2.27. The van der Waals surface area contributed by atoms with Crippen LogP contribution in [-0.2, 0) is 4.74 Å². The summed E-state index contributed by atoms with van der Waals surface area (Å²) in [4.78, 5) is 17.4. The van der Waals surface area contributed by atoms with Crippen molar-refractivity contribution in [2.75, 3.05) is 18.5 Å². The van der Waals surface area contributed by atoms with Gasteiger partial charge in [0.1, 0.15) is 11.0 Å². The lowest BCUT2D eigenvalue weighted by atomic mass is 10.00. The number of nitrogens with zero attached hydrogens (tertiary/aromatic N) is 1. The lowest BCUT2D eigenvalue weighted by Crippen LogP contribution is -2.38. The summed E-state index contributed by atoms with van der Waals surface area (Å²) in [6.07, 6.45) is 2.77. The fourth-order valence-electron chi connectivity index (χ4n) is 2.81. The maximum Gasteiger partial charge on any atom is 0.347 e. The van der Waals surface area contributed by atoms with Crippen LogP contribution in [0.1, 0.15) is 19.3 Å². The number of nitrogens with one attached hydrogen (secondary N) is 2. The van der Waals surface area contributed by atoms with Crippen LogP contribution in [0.4, 0.5) is 5.82 Å². The molecular formula is C11H15ClN4O2. The largest absolute Gasteiger partial charge is 0.371 e. The lowest BCUT2D eigenvalue weighted by molar-refractivity contribution is -0.00938. The Balaban J connectivity index is 1.70. The van der Waals surface area contributed by atoms with Crippen LogP contribution in [0.15, 0.2) is 10.9 Å². The zero-order valence-electron chi connectivity index (χ0n) is 9.83. The molecule has 1 saturated carbocycles. The molecule has 0 amide bonds. The molecule has 18 heavy (non-hydrogen) atoms. The molecule has 6 nitrogen and oxygen atoms in total. The maximum atomic E-state index is 11.2. The Morgan fingerprint density at radius 1 is 1.61 bits per heavy atom. The normalized spacial score (nSPS) is 33.9. The minimum Gasteiger partial charge on any atom is -0.371 e. The molecule has 2 bridgehead atoms. The van der Waals surface area contributed by atoms with Crippen LogP contribution in [-0.4, -0.2) is 34.3 Å². The van der Waals surface area contributed by atoms with E-state index in [4.69, 9.17) is 22.1 Å². The number of fused-ring (bicyclic) bond motifs is 2. The van der Waals surface area contributed by atoms with Crippen LogP contribution in [0.2, 0.25) is 5.15 Å². The highest BCUT2D eigenvalue weighted by Gasteiger charge is 2.53. The summed E-state index contributed by atoms with van der Waals surface area (Å²) in [5, 5.41) is 3.37. The molecule has 1 aromatic heterocycles. The van der Waals surface area contributed by atoms with E-state index in [1.54, 1.807) is 6.07 Å². The molecule has 2 fully saturated rings. The monoisotopic (exact) mass is 270 g/mol. The summed E-state index contributed by atoms with van der Waals surface area (Å²) in [7, 11) is 0. The third kappa shape index (κ3) is 2.11. The first-order valence-electron chi connectivity index (χ1n) is 5.92. The fourth-order valence-corrected chi connectivity index (χ4v) is 2.99. The first kappa shape index (κ1) is 12.0. The van der Waals surface area contributed by atoms with Crippen LogP contribution in [0.25, 0.3) is 0 Å². The number of hydrogen-bond acceptors (Lipinski definition) is 5. The first-order valence-corrected chi connectivity index (χ1v) is 6.30. The van der Waals surface area contributed by atoms with Crippen molar-refractivity contribution in [1.82, 2.24) is 9.97 Å². The van der Waals surface area contributed by atoms with Gasteiger partial charge in [-0.3, -0.25) is 4.98 Å². The van der Waals surface area contributed by atoms with Crippen LogP contribution in [0.5, 0.6) is 0 Å². The van der Waals surface area contributed by atoms with Crippen molar-refractivity contribution < 1.29 is 4.74 Å². The number of rotatable bonds is 3. The van der Waals surface area contributed by atoms with Gasteiger partial charge in [-0.25, -0.2) is 4.79 Å². The van der Waals surface area contributed by atoms with Gasteiger partial charge in [-0.05, 0) is 19.3 Å². The second-order valence-corrected chi connectivity index (χ2v) is 5.69. The van der Waals surface area contributed by atoms with E-state index in [9.17, 15) is 4.79 Å². The molecule has 3 rings (SSSR count). The number of halogens is 1. The molecule has 2 atom stereocenters. The number of anilines is 1. The molecule has 2 heterocycles. The quantitative estimate of drug-likeness (QED) is 0.695. The summed E-state index contributed by atoms with van der Waals surface area (Å²) in [5.74, 6) is 0.461. The predicted octanol–water partition coefficient (Wildman–Crippen LogP) is 0.486. The average molecular weight is 271 g/mol. The minimum atomic E-state index is -0.463. The van der Waals surface area contributed by atoms with E-state index in [1.807, 2.05) is 0 Å². The number of ether oxygens (including phenoxy) is 1. The number of hydrogen-bond donors (Lipinski definition) is 3. The Hall–Kier alpha value is -1.11. The van der Waals surface area contributed by atoms with Crippen molar-refractivity contribution in [2.24, 2.45) is 5.73 Å². The van der Waals surface area contributed by atoms with Gasteiger partial charge in [-0.15, -0.1) is 0 Å². The fraction of sp³-hybridized carbons (Fsp3) is 0.636. The highest BCUT2D eigenvalue weighted by Crippen LogP contribution is 2.45. The highest BCUT2D eigenvalue weighted by atomic mass is 35.5. The molecule has 4 N–H and O–H groups in total. The molecule has 0 radical (unpaired) electrons. The van der Waals surface area contributed by atoms with Gasteiger partial charge in [0, 0.05) is 18.2 Å². The van der Waals surface area contributed by atoms with E-state index in [-0.39, 0.29) is 16.3 Å². The number of aromatic nitrogens is 2. The topological polar surface area (TPSA) is 93.0 Å². The molecule has 1 aromatic rings. The molecule has 98 valence electrons. The van der Waals surface area contributed by atoms with Crippen LogP contribution in [0, 0.1) is 0 Å². The molecule has 0 aromatic carbocycles. The van der Waals surface area contributed by atoms with Crippen molar-refractivity contribution in [3.05, 3.63) is 21.7 Å². The second kappa shape index (κ2) is 3.94. The predicted molar refractivity (Wildman–Crippen MR) is 67.8 cm³/mol. The van der Waals surface area contributed by atoms with Crippen molar-refractivity contribution >= 4 is 17.4 Å². The summed E-state index contributed by atoms with van der Waals surface area (Å²) in [6, 6.07) is 1.58. The van der Waals surface area contributed by atoms with Crippen molar-refractivity contribution in [2.45, 2.75) is 30.4 Å². The van der Waals surface area contributed by atoms with E-state index in [2.05, 4.69) is 15.3 Å². The molecule has 1 aliphatic heterocycles. The number of aromatic amines is 1.